The zero-order chi connectivity index (χ0) is 13.1. The fourth-order valence-corrected chi connectivity index (χ4v) is 1.76. The van der Waals surface area contributed by atoms with Crippen molar-refractivity contribution in [3.05, 3.63) is 35.5 Å². The standard InChI is InChI=1S/C14H15NO3/c1-9-4-5-11-12(18-8-13(16)17-3)6-7-15-14(11)10(9)2/h4-7H,8H2,1-3H3. The molecule has 0 unspecified atom stereocenters. The van der Waals surface area contributed by atoms with Crippen LogP contribution in [0.3, 0.4) is 0 Å². The number of rotatable bonds is 3. The Hall–Kier alpha value is -2.10. The number of esters is 1. The number of carbonyl (C=O) groups is 1. The lowest BCUT2D eigenvalue weighted by molar-refractivity contribution is -0.142. The molecule has 0 fully saturated rings. The van der Waals surface area contributed by atoms with Gasteiger partial charge in [-0.25, -0.2) is 4.79 Å². The minimum Gasteiger partial charge on any atom is -0.481 e. The predicted molar refractivity (Wildman–Crippen MR) is 68.7 cm³/mol. The van der Waals surface area contributed by atoms with Crippen LogP contribution >= 0.6 is 0 Å². The highest BCUT2D eigenvalue weighted by Gasteiger charge is 2.08. The van der Waals surface area contributed by atoms with Gasteiger partial charge >= 0.3 is 5.97 Å². The van der Waals surface area contributed by atoms with E-state index in [0.717, 1.165) is 16.5 Å². The van der Waals surface area contributed by atoms with Gasteiger partial charge in [-0.05, 0) is 37.1 Å². The van der Waals surface area contributed by atoms with Gasteiger partial charge in [0.25, 0.3) is 0 Å². The minimum absolute atomic E-state index is 0.0947. The molecule has 0 saturated carbocycles. The van der Waals surface area contributed by atoms with E-state index in [2.05, 4.69) is 9.72 Å². The van der Waals surface area contributed by atoms with Crippen molar-refractivity contribution in [3.63, 3.8) is 0 Å². The van der Waals surface area contributed by atoms with E-state index in [1.165, 1.54) is 12.7 Å². The van der Waals surface area contributed by atoms with Crippen LogP contribution in [0.25, 0.3) is 10.9 Å². The molecule has 0 amide bonds. The third kappa shape index (κ3) is 2.27. The van der Waals surface area contributed by atoms with Crippen LogP contribution in [0.2, 0.25) is 0 Å². The van der Waals surface area contributed by atoms with E-state index in [9.17, 15) is 4.79 Å². The Morgan fingerprint density at radius 1 is 1.28 bits per heavy atom. The Morgan fingerprint density at radius 3 is 2.78 bits per heavy atom. The molecule has 4 heteroatoms. The molecule has 1 aromatic heterocycles. The van der Waals surface area contributed by atoms with Gasteiger partial charge in [-0.3, -0.25) is 4.98 Å². The average molecular weight is 245 g/mol. The SMILES string of the molecule is COC(=O)COc1ccnc2c(C)c(C)ccc12. The zero-order valence-electron chi connectivity index (χ0n) is 10.7. The lowest BCUT2D eigenvalue weighted by Crippen LogP contribution is -2.12. The number of hydrogen-bond donors (Lipinski definition) is 0. The van der Waals surface area contributed by atoms with Crippen LogP contribution in [0, 0.1) is 13.8 Å². The molecule has 0 radical (unpaired) electrons. The fraction of sp³-hybridized carbons (Fsp3) is 0.286. The van der Waals surface area contributed by atoms with Gasteiger partial charge in [-0.2, -0.15) is 0 Å². The van der Waals surface area contributed by atoms with Crippen LogP contribution < -0.4 is 4.74 Å². The number of benzene rings is 1. The highest BCUT2D eigenvalue weighted by Crippen LogP contribution is 2.27. The van der Waals surface area contributed by atoms with Crippen molar-refractivity contribution in [3.8, 4) is 5.75 Å². The lowest BCUT2D eigenvalue weighted by atomic mass is 10.1. The summed E-state index contributed by atoms with van der Waals surface area (Å²) in [5.74, 6) is 0.247. The summed E-state index contributed by atoms with van der Waals surface area (Å²) >= 11 is 0. The minimum atomic E-state index is -0.399. The van der Waals surface area contributed by atoms with E-state index in [1.54, 1.807) is 12.3 Å². The number of nitrogens with zero attached hydrogens (tertiary/aromatic N) is 1. The van der Waals surface area contributed by atoms with Crippen molar-refractivity contribution >= 4 is 16.9 Å². The molecule has 2 rings (SSSR count). The van der Waals surface area contributed by atoms with Gasteiger partial charge in [0, 0.05) is 11.6 Å². The summed E-state index contributed by atoms with van der Waals surface area (Å²) in [7, 11) is 1.34. The Morgan fingerprint density at radius 2 is 2.06 bits per heavy atom. The van der Waals surface area contributed by atoms with E-state index in [1.807, 2.05) is 26.0 Å². The Kier molecular flexibility index (Phi) is 3.46. The van der Waals surface area contributed by atoms with E-state index < -0.39 is 5.97 Å². The fourth-order valence-electron chi connectivity index (χ4n) is 1.76. The molecule has 94 valence electrons. The number of aryl methyl sites for hydroxylation is 2. The van der Waals surface area contributed by atoms with Gasteiger partial charge in [0.2, 0.25) is 0 Å². The first-order chi connectivity index (χ1) is 8.63. The largest absolute Gasteiger partial charge is 0.481 e. The number of carbonyl (C=O) groups excluding carboxylic acids is 1. The number of hydrogen-bond acceptors (Lipinski definition) is 4. The molecular weight excluding hydrogens is 230 g/mol. The smallest absolute Gasteiger partial charge is 0.343 e. The number of ether oxygens (including phenoxy) is 2. The number of methoxy groups -OCH3 is 1. The van der Waals surface area contributed by atoms with Crippen LogP contribution in [0.1, 0.15) is 11.1 Å². The average Bonchev–Trinajstić information content (AvgIpc) is 2.40. The molecule has 0 aliphatic rings. The first kappa shape index (κ1) is 12.4. The summed E-state index contributed by atoms with van der Waals surface area (Å²) in [6.07, 6.45) is 1.68. The lowest BCUT2D eigenvalue weighted by Gasteiger charge is -2.10. The molecule has 1 heterocycles. The highest BCUT2D eigenvalue weighted by atomic mass is 16.6. The Balaban J connectivity index is 2.40. The molecule has 1 aromatic carbocycles. The van der Waals surface area contributed by atoms with E-state index in [0.29, 0.717) is 5.75 Å². The Labute approximate surface area is 106 Å². The first-order valence-electron chi connectivity index (χ1n) is 5.68. The summed E-state index contributed by atoms with van der Waals surface area (Å²) in [5, 5.41) is 0.907. The number of fused-ring (bicyclic) bond motifs is 1. The van der Waals surface area contributed by atoms with Crippen LogP contribution in [-0.2, 0) is 9.53 Å². The summed E-state index contributed by atoms with van der Waals surface area (Å²) in [6, 6.07) is 5.72. The summed E-state index contributed by atoms with van der Waals surface area (Å²) in [6.45, 7) is 3.97. The maximum Gasteiger partial charge on any atom is 0.343 e. The van der Waals surface area contributed by atoms with Crippen LogP contribution in [0.5, 0.6) is 5.75 Å². The van der Waals surface area contributed by atoms with E-state index in [4.69, 9.17) is 4.74 Å². The van der Waals surface area contributed by atoms with Crippen LogP contribution in [0.4, 0.5) is 0 Å². The van der Waals surface area contributed by atoms with Crippen molar-refractivity contribution in [2.24, 2.45) is 0 Å². The maximum atomic E-state index is 11.1. The third-order valence-electron chi connectivity index (χ3n) is 2.97. The van der Waals surface area contributed by atoms with Crippen molar-refractivity contribution in [2.75, 3.05) is 13.7 Å². The summed E-state index contributed by atoms with van der Waals surface area (Å²) in [4.78, 5) is 15.4. The maximum absolute atomic E-state index is 11.1. The molecule has 0 aliphatic carbocycles. The van der Waals surface area contributed by atoms with Gasteiger partial charge in [-0.1, -0.05) is 6.07 Å². The molecule has 0 atom stereocenters. The van der Waals surface area contributed by atoms with Gasteiger partial charge in [0.1, 0.15) is 5.75 Å². The second-order valence-corrected chi connectivity index (χ2v) is 4.08. The molecule has 0 aliphatic heterocycles. The van der Waals surface area contributed by atoms with E-state index >= 15 is 0 Å². The van der Waals surface area contributed by atoms with Crippen molar-refractivity contribution < 1.29 is 14.3 Å². The summed E-state index contributed by atoms with van der Waals surface area (Å²) in [5.41, 5.74) is 3.20. The molecular formula is C14H15NO3. The molecule has 2 aromatic rings. The second kappa shape index (κ2) is 5.04. The predicted octanol–water partition coefficient (Wildman–Crippen LogP) is 2.40. The quantitative estimate of drug-likeness (QED) is 0.779. The van der Waals surface area contributed by atoms with Crippen molar-refractivity contribution in [1.29, 1.82) is 0 Å². The third-order valence-corrected chi connectivity index (χ3v) is 2.97. The molecule has 0 spiro atoms. The van der Waals surface area contributed by atoms with Crippen LogP contribution in [0.15, 0.2) is 24.4 Å². The molecule has 0 bridgehead atoms. The highest BCUT2D eigenvalue weighted by molar-refractivity contribution is 5.88. The summed E-state index contributed by atoms with van der Waals surface area (Å²) < 4.78 is 10.00. The van der Waals surface area contributed by atoms with E-state index in [-0.39, 0.29) is 6.61 Å². The van der Waals surface area contributed by atoms with Gasteiger partial charge < -0.3 is 9.47 Å². The monoisotopic (exact) mass is 245 g/mol. The number of aromatic nitrogens is 1. The molecule has 0 saturated heterocycles. The van der Waals surface area contributed by atoms with Gasteiger partial charge in [-0.15, -0.1) is 0 Å². The Bertz CT molecular complexity index is 593. The van der Waals surface area contributed by atoms with Crippen molar-refractivity contribution in [2.45, 2.75) is 13.8 Å². The van der Waals surface area contributed by atoms with Crippen molar-refractivity contribution in [1.82, 2.24) is 4.98 Å². The van der Waals surface area contributed by atoms with Gasteiger partial charge in [0.15, 0.2) is 6.61 Å². The number of pyridine rings is 1. The molecule has 0 N–H and O–H groups in total. The normalized spacial score (nSPS) is 10.4. The van der Waals surface area contributed by atoms with Crippen LogP contribution in [-0.4, -0.2) is 24.7 Å². The molecule has 4 nitrogen and oxygen atoms in total. The zero-order valence-corrected chi connectivity index (χ0v) is 10.7. The first-order valence-corrected chi connectivity index (χ1v) is 5.68. The second-order valence-electron chi connectivity index (χ2n) is 4.08. The topological polar surface area (TPSA) is 48.4 Å². The van der Waals surface area contributed by atoms with Gasteiger partial charge in [0.05, 0.1) is 12.6 Å². The molecule has 18 heavy (non-hydrogen) atoms.